The quantitative estimate of drug-likeness (QED) is 0.697. The Hall–Kier alpha value is -3.23. The van der Waals surface area contributed by atoms with Crippen LogP contribution in [0.3, 0.4) is 0 Å². The van der Waals surface area contributed by atoms with E-state index in [2.05, 4.69) is 15.6 Å². The third-order valence-electron chi connectivity index (χ3n) is 3.51. The Morgan fingerprint density at radius 3 is 2.92 bits per heavy atom. The van der Waals surface area contributed by atoms with E-state index in [0.29, 0.717) is 13.0 Å². The van der Waals surface area contributed by atoms with E-state index in [9.17, 15) is 13.6 Å². The molecule has 0 aliphatic rings. The molecule has 0 bridgehead atoms. The predicted octanol–water partition coefficient (Wildman–Crippen LogP) is 2.24. The standard InChI is InChI=1S/C17H16F2N4O3/c1-23-9-11(8-21-23)4-5-20-17(24)15-7-13(26-22-15)10-25-16-3-2-12(18)6-14(16)19/h2-3,6-9H,4-5,10H2,1H3,(H,20,24). The Bertz CT molecular complexity index is 907. The fourth-order valence-electron chi connectivity index (χ4n) is 2.24. The largest absolute Gasteiger partial charge is 0.482 e. The molecule has 7 nitrogen and oxygen atoms in total. The van der Waals surface area contributed by atoms with Crippen molar-refractivity contribution in [3.05, 3.63) is 65.3 Å². The Morgan fingerprint density at radius 2 is 2.19 bits per heavy atom. The molecule has 2 aromatic heterocycles. The van der Waals surface area contributed by atoms with Crippen molar-refractivity contribution in [3.63, 3.8) is 0 Å². The molecule has 3 rings (SSSR count). The van der Waals surface area contributed by atoms with Crippen LogP contribution in [0.1, 0.15) is 21.8 Å². The van der Waals surface area contributed by atoms with Gasteiger partial charge in [-0.25, -0.2) is 8.78 Å². The summed E-state index contributed by atoms with van der Waals surface area (Å²) in [6.07, 6.45) is 4.23. The number of halogens is 2. The van der Waals surface area contributed by atoms with E-state index < -0.39 is 17.5 Å². The summed E-state index contributed by atoms with van der Waals surface area (Å²) < 4.78 is 38.2. The second-order valence-corrected chi connectivity index (χ2v) is 5.57. The maximum Gasteiger partial charge on any atom is 0.273 e. The first kappa shape index (κ1) is 17.6. The second kappa shape index (κ2) is 7.77. The fraction of sp³-hybridized carbons (Fsp3) is 0.235. The first-order chi connectivity index (χ1) is 12.5. The van der Waals surface area contributed by atoms with Crippen LogP contribution >= 0.6 is 0 Å². The van der Waals surface area contributed by atoms with Gasteiger partial charge in [-0.2, -0.15) is 5.10 Å². The van der Waals surface area contributed by atoms with Crippen LogP contribution in [0.4, 0.5) is 8.78 Å². The third-order valence-corrected chi connectivity index (χ3v) is 3.51. The van der Waals surface area contributed by atoms with E-state index in [1.165, 1.54) is 12.1 Å². The molecule has 1 aromatic carbocycles. The lowest BCUT2D eigenvalue weighted by molar-refractivity contribution is 0.0944. The normalized spacial score (nSPS) is 10.7. The van der Waals surface area contributed by atoms with Crippen LogP contribution in [-0.4, -0.2) is 27.4 Å². The fourth-order valence-corrected chi connectivity index (χ4v) is 2.24. The molecule has 0 spiro atoms. The molecule has 1 N–H and O–H groups in total. The summed E-state index contributed by atoms with van der Waals surface area (Å²) in [5.74, 6) is -1.79. The first-order valence-corrected chi connectivity index (χ1v) is 7.80. The molecule has 26 heavy (non-hydrogen) atoms. The zero-order valence-electron chi connectivity index (χ0n) is 13.9. The topological polar surface area (TPSA) is 82.2 Å². The van der Waals surface area contributed by atoms with Gasteiger partial charge in [0.2, 0.25) is 0 Å². The molecule has 0 aliphatic carbocycles. The number of hydrogen-bond acceptors (Lipinski definition) is 5. The molecular formula is C17H16F2N4O3. The number of benzene rings is 1. The summed E-state index contributed by atoms with van der Waals surface area (Å²) in [7, 11) is 1.82. The molecule has 0 atom stereocenters. The number of nitrogens with zero attached hydrogens (tertiary/aromatic N) is 3. The Kier molecular flexibility index (Phi) is 5.26. The van der Waals surface area contributed by atoms with Crippen molar-refractivity contribution in [2.75, 3.05) is 6.54 Å². The maximum atomic E-state index is 13.5. The van der Waals surface area contributed by atoms with Crippen LogP contribution in [0, 0.1) is 11.6 Å². The highest BCUT2D eigenvalue weighted by molar-refractivity contribution is 5.92. The van der Waals surface area contributed by atoms with Crippen molar-refractivity contribution in [2.24, 2.45) is 7.05 Å². The first-order valence-electron chi connectivity index (χ1n) is 7.80. The third kappa shape index (κ3) is 4.44. The molecule has 2 heterocycles. The molecule has 0 aliphatic heterocycles. The zero-order valence-corrected chi connectivity index (χ0v) is 13.9. The van der Waals surface area contributed by atoms with Crippen LogP contribution in [0.15, 0.2) is 41.2 Å². The van der Waals surface area contributed by atoms with E-state index >= 15 is 0 Å². The molecule has 9 heteroatoms. The van der Waals surface area contributed by atoms with Gasteiger partial charge in [0.1, 0.15) is 12.4 Å². The Balaban J connectivity index is 1.49. The highest BCUT2D eigenvalue weighted by Crippen LogP contribution is 2.19. The number of aromatic nitrogens is 3. The van der Waals surface area contributed by atoms with Gasteiger partial charge in [0.25, 0.3) is 5.91 Å². The van der Waals surface area contributed by atoms with E-state index in [4.69, 9.17) is 9.26 Å². The monoisotopic (exact) mass is 362 g/mol. The second-order valence-electron chi connectivity index (χ2n) is 5.57. The van der Waals surface area contributed by atoms with Crippen molar-refractivity contribution in [3.8, 4) is 5.75 Å². The molecule has 0 saturated carbocycles. The van der Waals surface area contributed by atoms with Gasteiger partial charge in [-0.15, -0.1) is 0 Å². The lowest BCUT2D eigenvalue weighted by Gasteiger charge is -2.04. The molecule has 0 saturated heterocycles. The Morgan fingerprint density at radius 1 is 1.35 bits per heavy atom. The molecule has 136 valence electrons. The molecule has 0 fully saturated rings. The summed E-state index contributed by atoms with van der Waals surface area (Å²) in [4.78, 5) is 12.0. The van der Waals surface area contributed by atoms with Crippen molar-refractivity contribution in [1.82, 2.24) is 20.3 Å². The van der Waals surface area contributed by atoms with Crippen LogP contribution in [0.2, 0.25) is 0 Å². The van der Waals surface area contributed by atoms with Crippen LogP contribution in [0.5, 0.6) is 5.75 Å². The van der Waals surface area contributed by atoms with Crippen molar-refractivity contribution in [1.29, 1.82) is 0 Å². The average molecular weight is 362 g/mol. The summed E-state index contributed by atoms with van der Waals surface area (Å²) in [5.41, 5.74) is 1.10. The van der Waals surface area contributed by atoms with Gasteiger partial charge in [0.15, 0.2) is 23.0 Å². The van der Waals surface area contributed by atoms with Gasteiger partial charge in [-0.3, -0.25) is 9.48 Å². The Labute approximate surface area is 147 Å². The lowest BCUT2D eigenvalue weighted by atomic mass is 10.2. The number of carbonyl (C=O) groups is 1. The van der Waals surface area contributed by atoms with Crippen LogP contribution < -0.4 is 10.1 Å². The number of nitrogens with one attached hydrogen (secondary N) is 1. The van der Waals surface area contributed by atoms with Gasteiger partial charge in [-0.1, -0.05) is 5.16 Å². The SMILES string of the molecule is Cn1cc(CCNC(=O)c2cc(COc3ccc(F)cc3F)on2)cn1. The van der Waals surface area contributed by atoms with E-state index in [1.54, 1.807) is 10.9 Å². The highest BCUT2D eigenvalue weighted by atomic mass is 19.1. The van der Waals surface area contributed by atoms with Gasteiger partial charge in [-0.05, 0) is 24.1 Å². The van der Waals surface area contributed by atoms with Crippen molar-refractivity contribution < 1.29 is 22.8 Å². The van der Waals surface area contributed by atoms with E-state index in [1.807, 2.05) is 13.2 Å². The summed E-state index contributed by atoms with van der Waals surface area (Å²) in [5, 5.41) is 10.4. The van der Waals surface area contributed by atoms with E-state index in [0.717, 1.165) is 17.7 Å². The molecule has 1 amide bonds. The minimum absolute atomic E-state index is 0.0920. The molecule has 3 aromatic rings. The van der Waals surface area contributed by atoms with Gasteiger partial charge < -0.3 is 14.6 Å². The highest BCUT2D eigenvalue weighted by Gasteiger charge is 2.13. The van der Waals surface area contributed by atoms with Crippen LogP contribution in [0.25, 0.3) is 0 Å². The number of amides is 1. The summed E-state index contributed by atoms with van der Waals surface area (Å²) >= 11 is 0. The average Bonchev–Trinajstić information content (AvgIpc) is 3.23. The number of aryl methyl sites for hydroxylation is 1. The molecule has 0 radical (unpaired) electrons. The predicted molar refractivity (Wildman–Crippen MR) is 86.4 cm³/mol. The van der Waals surface area contributed by atoms with E-state index in [-0.39, 0.29) is 23.8 Å². The van der Waals surface area contributed by atoms with Gasteiger partial charge in [0.05, 0.1) is 6.20 Å². The molecular weight excluding hydrogens is 346 g/mol. The number of carbonyl (C=O) groups excluding carboxylic acids is 1. The number of ether oxygens (including phenoxy) is 1. The van der Waals surface area contributed by atoms with Crippen molar-refractivity contribution >= 4 is 5.91 Å². The smallest absolute Gasteiger partial charge is 0.273 e. The summed E-state index contributed by atoms with van der Waals surface area (Å²) in [6, 6.07) is 4.38. The minimum atomic E-state index is -0.821. The number of rotatable bonds is 7. The zero-order chi connectivity index (χ0) is 18.5. The maximum absolute atomic E-state index is 13.5. The van der Waals surface area contributed by atoms with Gasteiger partial charge in [0, 0.05) is 31.9 Å². The molecule has 0 unspecified atom stereocenters. The number of hydrogen-bond donors (Lipinski definition) is 1. The van der Waals surface area contributed by atoms with Crippen molar-refractivity contribution in [2.45, 2.75) is 13.0 Å². The van der Waals surface area contributed by atoms with Gasteiger partial charge >= 0.3 is 0 Å². The summed E-state index contributed by atoms with van der Waals surface area (Å²) in [6.45, 7) is 0.280. The van der Waals surface area contributed by atoms with Crippen LogP contribution in [-0.2, 0) is 20.1 Å². The lowest BCUT2D eigenvalue weighted by Crippen LogP contribution is -2.25. The minimum Gasteiger partial charge on any atom is -0.482 e.